The van der Waals surface area contributed by atoms with Crippen molar-refractivity contribution in [1.82, 2.24) is 5.32 Å². The number of aliphatic hydroxyl groups is 1. The number of hydrogen-bond donors (Lipinski definition) is 2. The van der Waals surface area contributed by atoms with Crippen LogP contribution in [0.25, 0.3) is 0 Å². The van der Waals surface area contributed by atoms with Crippen molar-refractivity contribution in [1.29, 1.82) is 0 Å². The summed E-state index contributed by atoms with van der Waals surface area (Å²) in [4.78, 5) is 11.9. The molecule has 0 spiro atoms. The zero-order valence-electron chi connectivity index (χ0n) is 13.3. The maximum atomic E-state index is 11.9. The van der Waals surface area contributed by atoms with E-state index in [1.54, 1.807) is 0 Å². The molecule has 0 saturated heterocycles. The minimum absolute atomic E-state index is 0.000480. The van der Waals surface area contributed by atoms with Gasteiger partial charge in [-0.3, -0.25) is 4.79 Å². The predicted octanol–water partition coefficient (Wildman–Crippen LogP) is 3.65. The second-order valence-electron chi connectivity index (χ2n) is 6.52. The molecular formula is C16H33NO2. The van der Waals surface area contributed by atoms with Gasteiger partial charge >= 0.3 is 0 Å². The number of nitrogens with one attached hydrogen (secondary N) is 1. The molecule has 0 aromatic heterocycles. The van der Waals surface area contributed by atoms with Gasteiger partial charge in [0.2, 0.25) is 5.91 Å². The Morgan fingerprint density at radius 1 is 1.11 bits per heavy atom. The van der Waals surface area contributed by atoms with Gasteiger partial charge in [-0.1, -0.05) is 59.8 Å². The molecule has 0 radical (unpaired) electrons. The van der Waals surface area contributed by atoms with E-state index in [1.165, 1.54) is 25.7 Å². The summed E-state index contributed by atoms with van der Waals surface area (Å²) in [7, 11) is 0. The Bertz CT molecular complexity index is 233. The van der Waals surface area contributed by atoms with E-state index in [9.17, 15) is 4.79 Å². The fourth-order valence-electron chi connectivity index (χ4n) is 2.18. The molecule has 0 bridgehead atoms. The Labute approximate surface area is 119 Å². The smallest absolute Gasteiger partial charge is 0.220 e. The van der Waals surface area contributed by atoms with Crippen molar-refractivity contribution >= 4 is 5.91 Å². The second-order valence-corrected chi connectivity index (χ2v) is 6.52. The number of carbonyl (C=O) groups is 1. The van der Waals surface area contributed by atoms with Crippen LogP contribution in [0.3, 0.4) is 0 Å². The summed E-state index contributed by atoms with van der Waals surface area (Å²) in [5, 5.41) is 12.1. The molecule has 114 valence electrons. The first-order chi connectivity index (χ1) is 8.91. The molecule has 0 aromatic rings. The number of carbonyl (C=O) groups excluding carboxylic acids is 1. The van der Waals surface area contributed by atoms with Crippen LogP contribution in [0.15, 0.2) is 0 Å². The van der Waals surface area contributed by atoms with Crippen LogP contribution in [-0.4, -0.2) is 23.7 Å². The van der Waals surface area contributed by atoms with E-state index < -0.39 is 0 Å². The predicted molar refractivity (Wildman–Crippen MR) is 81.1 cm³/mol. The quantitative estimate of drug-likeness (QED) is 0.596. The third-order valence-electron chi connectivity index (χ3n) is 3.56. The minimum Gasteiger partial charge on any atom is -0.396 e. The summed E-state index contributed by atoms with van der Waals surface area (Å²) < 4.78 is 0. The van der Waals surface area contributed by atoms with Gasteiger partial charge in [0, 0.05) is 19.1 Å². The van der Waals surface area contributed by atoms with Crippen LogP contribution in [0, 0.1) is 5.41 Å². The van der Waals surface area contributed by atoms with E-state index >= 15 is 0 Å². The first-order valence-electron chi connectivity index (χ1n) is 7.82. The fourth-order valence-corrected chi connectivity index (χ4v) is 2.18. The van der Waals surface area contributed by atoms with Crippen LogP contribution in [-0.2, 0) is 4.79 Å². The first kappa shape index (κ1) is 18.4. The van der Waals surface area contributed by atoms with Gasteiger partial charge in [-0.05, 0) is 18.3 Å². The van der Waals surface area contributed by atoms with Gasteiger partial charge in [0.25, 0.3) is 0 Å². The highest BCUT2D eigenvalue weighted by Gasteiger charge is 2.25. The topological polar surface area (TPSA) is 49.3 Å². The molecule has 0 saturated carbocycles. The third kappa shape index (κ3) is 9.94. The molecular weight excluding hydrogens is 238 g/mol. The molecule has 1 atom stereocenters. The molecule has 0 rings (SSSR count). The highest BCUT2D eigenvalue weighted by molar-refractivity contribution is 5.76. The van der Waals surface area contributed by atoms with Gasteiger partial charge in [0.05, 0.1) is 0 Å². The Hall–Kier alpha value is -0.570. The largest absolute Gasteiger partial charge is 0.396 e. The zero-order valence-corrected chi connectivity index (χ0v) is 13.3. The standard InChI is InChI=1S/C16H33NO2/c1-5-6-7-8-9-10-11-15(19)17-14(12-13-18)16(2,3)4/h14,18H,5-13H2,1-4H3,(H,17,19). The summed E-state index contributed by atoms with van der Waals surface area (Å²) in [5.41, 5.74) is -0.000480. The van der Waals surface area contributed by atoms with Crippen LogP contribution in [0.1, 0.15) is 79.1 Å². The van der Waals surface area contributed by atoms with Gasteiger partial charge in [0.1, 0.15) is 0 Å². The van der Waals surface area contributed by atoms with Crippen LogP contribution >= 0.6 is 0 Å². The van der Waals surface area contributed by atoms with E-state index in [0.29, 0.717) is 12.8 Å². The molecule has 3 nitrogen and oxygen atoms in total. The summed E-state index contributed by atoms with van der Waals surface area (Å²) in [6.45, 7) is 8.62. The lowest BCUT2D eigenvalue weighted by molar-refractivity contribution is -0.122. The van der Waals surface area contributed by atoms with Crippen LogP contribution in [0.5, 0.6) is 0 Å². The molecule has 0 aliphatic carbocycles. The van der Waals surface area contributed by atoms with Gasteiger partial charge in [-0.25, -0.2) is 0 Å². The van der Waals surface area contributed by atoms with Crippen molar-refractivity contribution < 1.29 is 9.90 Å². The Kier molecular flexibility index (Phi) is 9.94. The van der Waals surface area contributed by atoms with Crippen LogP contribution in [0.2, 0.25) is 0 Å². The normalized spacial score (nSPS) is 13.3. The lowest BCUT2D eigenvalue weighted by Crippen LogP contribution is -2.44. The number of rotatable bonds is 10. The Morgan fingerprint density at radius 2 is 1.68 bits per heavy atom. The van der Waals surface area contributed by atoms with E-state index in [4.69, 9.17) is 5.11 Å². The number of aliphatic hydroxyl groups excluding tert-OH is 1. The Morgan fingerprint density at radius 3 is 2.21 bits per heavy atom. The van der Waals surface area contributed by atoms with Gasteiger partial charge in [-0.2, -0.15) is 0 Å². The molecule has 0 heterocycles. The van der Waals surface area contributed by atoms with E-state index in [1.807, 2.05) is 0 Å². The van der Waals surface area contributed by atoms with E-state index in [-0.39, 0.29) is 24.0 Å². The molecule has 1 unspecified atom stereocenters. The molecule has 0 aliphatic heterocycles. The Balaban J connectivity index is 3.82. The molecule has 0 aliphatic rings. The fraction of sp³-hybridized carbons (Fsp3) is 0.938. The second kappa shape index (κ2) is 10.2. The molecule has 3 heteroatoms. The van der Waals surface area contributed by atoms with E-state index in [2.05, 4.69) is 33.0 Å². The average Bonchev–Trinajstić information content (AvgIpc) is 2.32. The van der Waals surface area contributed by atoms with Crippen LogP contribution in [0.4, 0.5) is 0 Å². The van der Waals surface area contributed by atoms with Crippen molar-refractivity contribution in [2.75, 3.05) is 6.61 Å². The monoisotopic (exact) mass is 271 g/mol. The third-order valence-corrected chi connectivity index (χ3v) is 3.56. The highest BCUT2D eigenvalue weighted by atomic mass is 16.3. The van der Waals surface area contributed by atoms with Crippen molar-refractivity contribution in [3.05, 3.63) is 0 Å². The summed E-state index contributed by atoms with van der Waals surface area (Å²) in [6.07, 6.45) is 8.45. The molecule has 2 N–H and O–H groups in total. The van der Waals surface area contributed by atoms with Crippen molar-refractivity contribution in [3.8, 4) is 0 Å². The molecule has 1 amide bonds. The van der Waals surface area contributed by atoms with Gasteiger partial charge in [-0.15, -0.1) is 0 Å². The summed E-state index contributed by atoms with van der Waals surface area (Å²) >= 11 is 0. The zero-order chi connectivity index (χ0) is 14.7. The molecule has 19 heavy (non-hydrogen) atoms. The van der Waals surface area contributed by atoms with E-state index in [0.717, 1.165) is 12.8 Å². The number of amides is 1. The first-order valence-corrected chi connectivity index (χ1v) is 7.82. The minimum atomic E-state index is -0.000480. The lowest BCUT2D eigenvalue weighted by Gasteiger charge is -2.31. The summed E-state index contributed by atoms with van der Waals surface area (Å²) in [6, 6.07) is 0.0603. The van der Waals surface area contributed by atoms with Gasteiger partial charge in [0.15, 0.2) is 0 Å². The van der Waals surface area contributed by atoms with Crippen molar-refractivity contribution in [2.24, 2.45) is 5.41 Å². The molecule has 0 aromatic carbocycles. The maximum Gasteiger partial charge on any atom is 0.220 e. The average molecular weight is 271 g/mol. The molecule has 0 fully saturated rings. The number of hydrogen-bond acceptors (Lipinski definition) is 2. The SMILES string of the molecule is CCCCCCCCC(=O)NC(CCO)C(C)(C)C. The van der Waals surface area contributed by atoms with Crippen LogP contribution < -0.4 is 5.32 Å². The number of unbranched alkanes of at least 4 members (excludes halogenated alkanes) is 5. The lowest BCUT2D eigenvalue weighted by atomic mass is 9.85. The maximum absolute atomic E-state index is 11.9. The van der Waals surface area contributed by atoms with Crippen molar-refractivity contribution in [2.45, 2.75) is 85.1 Å². The highest BCUT2D eigenvalue weighted by Crippen LogP contribution is 2.21. The summed E-state index contributed by atoms with van der Waals surface area (Å²) in [5.74, 6) is 0.129. The van der Waals surface area contributed by atoms with Crippen molar-refractivity contribution in [3.63, 3.8) is 0 Å². The van der Waals surface area contributed by atoms with Gasteiger partial charge < -0.3 is 10.4 Å².